The number of carbonyl (C=O) groups excluding carboxylic acids is 1. The predicted octanol–water partition coefficient (Wildman–Crippen LogP) is 2.27. The number of nitriles is 1. The maximum atomic E-state index is 12.6. The van der Waals surface area contributed by atoms with Gasteiger partial charge < -0.3 is 9.80 Å². The van der Waals surface area contributed by atoms with Crippen molar-refractivity contribution in [2.45, 2.75) is 25.8 Å². The van der Waals surface area contributed by atoms with E-state index < -0.39 is 0 Å². The third-order valence-electron chi connectivity index (χ3n) is 4.03. The fourth-order valence-corrected chi connectivity index (χ4v) is 2.92. The molecule has 0 saturated carbocycles. The molecule has 0 N–H and O–H groups in total. The lowest BCUT2D eigenvalue weighted by Crippen LogP contribution is -2.43. The van der Waals surface area contributed by atoms with E-state index in [4.69, 9.17) is 5.26 Å². The summed E-state index contributed by atoms with van der Waals surface area (Å²) in [7, 11) is 1.88. The first-order chi connectivity index (χ1) is 10.2. The van der Waals surface area contributed by atoms with Crippen LogP contribution in [0.2, 0.25) is 0 Å². The van der Waals surface area contributed by atoms with Gasteiger partial charge in [0.05, 0.1) is 12.0 Å². The number of nitrogens with zero attached hydrogens (tertiary/aromatic N) is 3. The van der Waals surface area contributed by atoms with E-state index in [0.717, 1.165) is 38.0 Å². The van der Waals surface area contributed by atoms with Gasteiger partial charge in [-0.3, -0.25) is 4.79 Å². The van der Waals surface area contributed by atoms with Crippen LogP contribution in [0.1, 0.15) is 24.8 Å². The summed E-state index contributed by atoms with van der Waals surface area (Å²) >= 11 is 0. The fourth-order valence-electron chi connectivity index (χ4n) is 2.92. The van der Waals surface area contributed by atoms with Gasteiger partial charge in [0.15, 0.2) is 0 Å². The maximum Gasteiger partial charge on any atom is 0.227 e. The zero-order chi connectivity index (χ0) is 15.1. The van der Waals surface area contributed by atoms with Crippen molar-refractivity contribution in [3.63, 3.8) is 0 Å². The summed E-state index contributed by atoms with van der Waals surface area (Å²) in [5.41, 5.74) is 1.16. The number of carbonyl (C=O) groups is 1. The lowest BCUT2D eigenvalue weighted by molar-refractivity contribution is -0.136. The molecule has 0 spiro atoms. The van der Waals surface area contributed by atoms with E-state index >= 15 is 0 Å². The number of amides is 1. The van der Waals surface area contributed by atoms with Gasteiger partial charge in [0.2, 0.25) is 5.91 Å². The van der Waals surface area contributed by atoms with Crippen LogP contribution < -0.4 is 0 Å². The molecule has 1 unspecified atom stereocenters. The second-order valence-electron chi connectivity index (χ2n) is 5.73. The lowest BCUT2D eigenvalue weighted by atomic mass is 9.96. The van der Waals surface area contributed by atoms with Crippen molar-refractivity contribution in [3.05, 3.63) is 35.9 Å². The normalized spacial score (nSPS) is 19.0. The molecule has 4 heteroatoms. The van der Waals surface area contributed by atoms with Crippen LogP contribution >= 0.6 is 0 Å². The van der Waals surface area contributed by atoms with Crippen LogP contribution in [0.15, 0.2) is 30.3 Å². The van der Waals surface area contributed by atoms with Crippen LogP contribution in [0, 0.1) is 17.2 Å². The zero-order valence-corrected chi connectivity index (χ0v) is 12.7. The summed E-state index contributed by atoms with van der Waals surface area (Å²) in [5.74, 6) is 0.298. The minimum Gasteiger partial charge on any atom is -0.341 e. The van der Waals surface area contributed by atoms with E-state index in [0.29, 0.717) is 13.0 Å². The summed E-state index contributed by atoms with van der Waals surface area (Å²) in [6.45, 7) is 3.24. The van der Waals surface area contributed by atoms with Crippen molar-refractivity contribution in [3.8, 4) is 6.07 Å². The van der Waals surface area contributed by atoms with E-state index in [1.807, 2.05) is 42.3 Å². The number of hydrogen-bond acceptors (Lipinski definition) is 3. The van der Waals surface area contributed by atoms with Crippen LogP contribution in [0.5, 0.6) is 0 Å². The van der Waals surface area contributed by atoms with Gasteiger partial charge in [0.25, 0.3) is 0 Å². The summed E-state index contributed by atoms with van der Waals surface area (Å²) in [6, 6.07) is 12.2. The van der Waals surface area contributed by atoms with Gasteiger partial charge in [0.1, 0.15) is 0 Å². The maximum absolute atomic E-state index is 12.6. The number of hydrogen-bond donors (Lipinski definition) is 0. The van der Waals surface area contributed by atoms with Gasteiger partial charge in [-0.15, -0.1) is 0 Å². The SMILES string of the molecule is CN(Cc1ccccc1)C(=O)C1CCCN(CCC#N)C1. The highest BCUT2D eigenvalue weighted by atomic mass is 16.2. The average Bonchev–Trinajstić information content (AvgIpc) is 2.53. The van der Waals surface area contributed by atoms with E-state index in [1.54, 1.807) is 0 Å². The molecule has 4 nitrogen and oxygen atoms in total. The number of benzene rings is 1. The van der Waals surface area contributed by atoms with Crippen molar-refractivity contribution >= 4 is 5.91 Å². The van der Waals surface area contributed by atoms with Crippen molar-refractivity contribution < 1.29 is 4.79 Å². The molecule has 1 aliphatic heterocycles. The summed E-state index contributed by atoms with van der Waals surface area (Å²) in [4.78, 5) is 16.6. The molecule has 1 amide bonds. The molecular formula is C17H23N3O. The standard InChI is InChI=1S/C17H23N3O/c1-19(13-15-7-3-2-4-8-15)17(21)16-9-5-11-20(14-16)12-6-10-18/h2-4,7-8,16H,5-6,9,11-14H2,1H3. The van der Waals surface area contributed by atoms with Crippen LogP contribution in [0.4, 0.5) is 0 Å². The second-order valence-corrected chi connectivity index (χ2v) is 5.73. The molecule has 1 heterocycles. The van der Waals surface area contributed by atoms with Crippen molar-refractivity contribution in [1.29, 1.82) is 5.26 Å². The Morgan fingerprint density at radius 3 is 2.90 bits per heavy atom. The molecule has 2 rings (SSSR count). The number of likely N-dealkylation sites (tertiary alicyclic amines) is 1. The number of rotatable bonds is 5. The Labute approximate surface area is 127 Å². The zero-order valence-electron chi connectivity index (χ0n) is 12.7. The van der Waals surface area contributed by atoms with Crippen LogP contribution in [0.25, 0.3) is 0 Å². The van der Waals surface area contributed by atoms with Gasteiger partial charge in [0, 0.05) is 33.1 Å². The molecule has 0 bridgehead atoms. The topological polar surface area (TPSA) is 47.3 Å². The molecule has 1 aromatic rings. The second kappa shape index (κ2) is 7.80. The van der Waals surface area contributed by atoms with Gasteiger partial charge >= 0.3 is 0 Å². The Balaban J connectivity index is 1.88. The van der Waals surface area contributed by atoms with E-state index in [-0.39, 0.29) is 11.8 Å². The van der Waals surface area contributed by atoms with Crippen molar-refractivity contribution in [1.82, 2.24) is 9.80 Å². The molecular weight excluding hydrogens is 262 g/mol. The Kier molecular flexibility index (Phi) is 5.77. The molecule has 112 valence electrons. The van der Waals surface area contributed by atoms with Crippen molar-refractivity contribution in [2.24, 2.45) is 5.92 Å². The summed E-state index contributed by atoms with van der Waals surface area (Å²) < 4.78 is 0. The third-order valence-corrected chi connectivity index (χ3v) is 4.03. The Morgan fingerprint density at radius 1 is 1.43 bits per heavy atom. The van der Waals surface area contributed by atoms with Gasteiger partial charge in [-0.1, -0.05) is 30.3 Å². The first-order valence-electron chi connectivity index (χ1n) is 7.59. The van der Waals surface area contributed by atoms with Gasteiger partial charge in [-0.2, -0.15) is 5.26 Å². The smallest absolute Gasteiger partial charge is 0.227 e. The minimum atomic E-state index is 0.0751. The molecule has 1 saturated heterocycles. The quantitative estimate of drug-likeness (QED) is 0.834. The third kappa shape index (κ3) is 4.57. The Morgan fingerprint density at radius 2 is 2.19 bits per heavy atom. The molecule has 1 atom stereocenters. The van der Waals surface area contributed by atoms with Crippen LogP contribution in [-0.4, -0.2) is 42.4 Å². The Hall–Kier alpha value is -1.86. The van der Waals surface area contributed by atoms with E-state index in [9.17, 15) is 4.79 Å². The summed E-state index contributed by atoms with van der Waals surface area (Å²) in [5, 5.41) is 8.67. The largest absolute Gasteiger partial charge is 0.341 e. The highest BCUT2D eigenvalue weighted by Gasteiger charge is 2.27. The van der Waals surface area contributed by atoms with Crippen LogP contribution in [0.3, 0.4) is 0 Å². The molecule has 0 radical (unpaired) electrons. The van der Waals surface area contributed by atoms with Crippen LogP contribution in [-0.2, 0) is 11.3 Å². The molecule has 1 aliphatic rings. The van der Waals surface area contributed by atoms with E-state index in [1.165, 1.54) is 0 Å². The average molecular weight is 285 g/mol. The first-order valence-corrected chi connectivity index (χ1v) is 7.59. The first kappa shape index (κ1) is 15.5. The molecule has 1 aromatic carbocycles. The predicted molar refractivity (Wildman–Crippen MR) is 82.3 cm³/mol. The molecule has 1 fully saturated rings. The fraction of sp³-hybridized carbons (Fsp3) is 0.529. The number of piperidine rings is 1. The highest BCUT2D eigenvalue weighted by Crippen LogP contribution is 2.19. The molecule has 0 aliphatic carbocycles. The Bertz CT molecular complexity index is 495. The summed E-state index contributed by atoms with van der Waals surface area (Å²) in [6.07, 6.45) is 2.54. The highest BCUT2D eigenvalue weighted by molar-refractivity contribution is 5.78. The van der Waals surface area contributed by atoms with Gasteiger partial charge in [-0.25, -0.2) is 0 Å². The van der Waals surface area contributed by atoms with Crippen molar-refractivity contribution in [2.75, 3.05) is 26.7 Å². The molecule has 21 heavy (non-hydrogen) atoms. The monoisotopic (exact) mass is 285 g/mol. The molecule has 0 aromatic heterocycles. The van der Waals surface area contributed by atoms with Gasteiger partial charge in [-0.05, 0) is 24.9 Å². The lowest BCUT2D eigenvalue weighted by Gasteiger charge is -2.33. The van der Waals surface area contributed by atoms with E-state index in [2.05, 4.69) is 11.0 Å². The minimum absolute atomic E-state index is 0.0751.